The highest BCUT2D eigenvalue weighted by molar-refractivity contribution is 5.96. The minimum Gasteiger partial charge on any atom is -0.403 e. The number of allylic oxidation sites excluding steroid dienone is 2. The first-order chi connectivity index (χ1) is 17.7. The average molecular weight is 518 g/mol. The van der Waals surface area contributed by atoms with Gasteiger partial charge in [-0.25, -0.2) is 0 Å². The number of rotatable bonds is 15. The van der Waals surface area contributed by atoms with E-state index in [-0.39, 0.29) is 5.78 Å². The number of nitrogens with two attached hydrogens (primary N) is 2. The lowest BCUT2D eigenvalue weighted by Gasteiger charge is -2.11. The van der Waals surface area contributed by atoms with Gasteiger partial charge in [0.25, 0.3) is 0 Å². The van der Waals surface area contributed by atoms with E-state index in [2.05, 4.69) is 58.5 Å². The number of benzene rings is 1. The quantitative estimate of drug-likeness (QED) is 0.123. The number of carbonyl (C=O) groups excluding carboxylic acids is 1. The summed E-state index contributed by atoms with van der Waals surface area (Å²) in [6, 6.07) is 6.10. The molecule has 216 valence electrons. The number of ketones is 1. The van der Waals surface area contributed by atoms with E-state index < -0.39 is 0 Å². The van der Waals surface area contributed by atoms with Gasteiger partial charge in [0.15, 0.2) is 5.78 Å². The molecule has 0 fully saturated rings. The van der Waals surface area contributed by atoms with Gasteiger partial charge in [0.1, 0.15) is 0 Å². The molecule has 1 aromatic rings. The molecule has 0 saturated heterocycles. The second kappa shape index (κ2) is 31.5. The molecule has 0 spiro atoms. The first-order valence-corrected chi connectivity index (χ1v) is 14.5. The van der Waals surface area contributed by atoms with Crippen molar-refractivity contribution in [1.82, 2.24) is 0 Å². The molecule has 37 heavy (non-hydrogen) atoms. The van der Waals surface area contributed by atoms with Crippen LogP contribution in [0.3, 0.4) is 0 Å². The van der Waals surface area contributed by atoms with Crippen LogP contribution < -0.4 is 16.8 Å². The van der Waals surface area contributed by atoms with Crippen LogP contribution in [-0.2, 0) is 6.42 Å². The average Bonchev–Trinajstić information content (AvgIpc) is 2.89. The first kappa shape index (κ1) is 41.6. The molecule has 0 amide bonds. The second-order valence-corrected chi connectivity index (χ2v) is 8.55. The molecule has 0 radical (unpaired) electrons. The molecule has 0 bridgehead atoms. The van der Waals surface area contributed by atoms with Crippen molar-refractivity contribution in [3.05, 3.63) is 67.0 Å². The summed E-state index contributed by atoms with van der Waals surface area (Å²) in [6.45, 7) is 30.4. The van der Waals surface area contributed by atoms with Crippen molar-refractivity contribution in [2.75, 3.05) is 11.9 Å². The van der Waals surface area contributed by atoms with Gasteiger partial charge in [0, 0.05) is 29.2 Å². The Morgan fingerprint density at radius 1 is 0.919 bits per heavy atom. The van der Waals surface area contributed by atoms with Gasteiger partial charge < -0.3 is 16.8 Å². The molecule has 0 aliphatic heterocycles. The topological polar surface area (TPSA) is 81.1 Å². The van der Waals surface area contributed by atoms with E-state index in [4.69, 9.17) is 11.5 Å². The molecule has 1 aromatic carbocycles. The van der Waals surface area contributed by atoms with Gasteiger partial charge >= 0.3 is 0 Å². The molecule has 0 saturated carbocycles. The van der Waals surface area contributed by atoms with Crippen molar-refractivity contribution < 1.29 is 4.79 Å². The number of hydrogen-bond donors (Lipinski definition) is 3. The molecule has 0 aliphatic rings. The van der Waals surface area contributed by atoms with Crippen LogP contribution in [0.4, 0.5) is 5.69 Å². The zero-order valence-corrected chi connectivity index (χ0v) is 26.0. The highest BCUT2D eigenvalue weighted by atomic mass is 16.1. The fourth-order valence-corrected chi connectivity index (χ4v) is 3.38. The Kier molecular flexibility index (Phi) is 35.5. The summed E-state index contributed by atoms with van der Waals surface area (Å²) in [6.07, 6.45) is 11.3. The molecular formula is C33H63N3O. The van der Waals surface area contributed by atoms with Gasteiger partial charge in [-0.3, -0.25) is 4.79 Å². The monoisotopic (exact) mass is 517 g/mol. The maximum absolute atomic E-state index is 11.6. The predicted molar refractivity (Wildman–Crippen MR) is 171 cm³/mol. The van der Waals surface area contributed by atoms with E-state index in [0.29, 0.717) is 5.92 Å². The van der Waals surface area contributed by atoms with Crippen molar-refractivity contribution in [3.8, 4) is 0 Å². The van der Waals surface area contributed by atoms with E-state index in [0.717, 1.165) is 66.9 Å². The van der Waals surface area contributed by atoms with E-state index >= 15 is 0 Å². The summed E-state index contributed by atoms with van der Waals surface area (Å²) in [7, 11) is 0. The van der Waals surface area contributed by atoms with Crippen molar-refractivity contribution in [3.63, 3.8) is 0 Å². The Hall–Kier alpha value is -2.49. The number of carbonyl (C=O) groups is 1. The zero-order valence-electron chi connectivity index (χ0n) is 26.0. The molecule has 4 nitrogen and oxygen atoms in total. The van der Waals surface area contributed by atoms with Crippen molar-refractivity contribution in [2.45, 2.75) is 120 Å². The summed E-state index contributed by atoms with van der Waals surface area (Å²) >= 11 is 0. The summed E-state index contributed by atoms with van der Waals surface area (Å²) < 4.78 is 0. The van der Waals surface area contributed by atoms with E-state index in [1.54, 1.807) is 6.92 Å². The Labute approximate surface area is 232 Å². The van der Waals surface area contributed by atoms with Gasteiger partial charge in [-0.05, 0) is 68.7 Å². The maximum atomic E-state index is 11.6. The van der Waals surface area contributed by atoms with Crippen LogP contribution in [0.2, 0.25) is 0 Å². The normalized spacial score (nSPS) is 9.84. The van der Waals surface area contributed by atoms with Crippen LogP contribution in [-0.4, -0.2) is 12.3 Å². The van der Waals surface area contributed by atoms with Crippen molar-refractivity contribution in [1.29, 1.82) is 0 Å². The van der Waals surface area contributed by atoms with E-state index in [1.807, 2.05) is 39.8 Å². The van der Waals surface area contributed by atoms with Crippen LogP contribution in [0, 0.1) is 5.92 Å². The molecule has 1 rings (SSSR count). The number of nitrogens with one attached hydrogen (secondary N) is 1. The molecule has 5 N–H and O–H groups in total. The Balaban J connectivity index is -0.000000325. The number of aryl methyl sites for hydroxylation is 1. The van der Waals surface area contributed by atoms with E-state index in [9.17, 15) is 4.79 Å². The summed E-state index contributed by atoms with van der Waals surface area (Å²) in [5, 5.41) is 3.47. The number of anilines is 1. The maximum Gasteiger partial charge on any atom is 0.160 e. The zero-order chi connectivity index (χ0) is 29.6. The SMILES string of the molecule is C=C.C=C(N)C(C)CCC.C=C(N)CCCCCCCNc1ccc(C(C)=O)c(CCC)c1.CC.CC. The first-order valence-electron chi connectivity index (χ1n) is 14.5. The molecule has 0 heterocycles. The smallest absolute Gasteiger partial charge is 0.160 e. The third-order valence-corrected chi connectivity index (χ3v) is 5.36. The third-order valence-electron chi connectivity index (χ3n) is 5.36. The molecule has 1 atom stereocenters. The fourth-order valence-electron chi connectivity index (χ4n) is 3.38. The minimum atomic E-state index is 0.153. The van der Waals surface area contributed by atoms with Crippen molar-refractivity contribution in [2.24, 2.45) is 17.4 Å². The van der Waals surface area contributed by atoms with Gasteiger partial charge in [0.2, 0.25) is 0 Å². The summed E-state index contributed by atoms with van der Waals surface area (Å²) in [5.74, 6) is 0.653. The number of Topliss-reactive ketones (excluding diaryl/α,β-unsaturated/α-hetero) is 1. The van der Waals surface area contributed by atoms with Gasteiger partial charge in [-0.2, -0.15) is 0 Å². The Morgan fingerprint density at radius 3 is 1.89 bits per heavy atom. The van der Waals surface area contributed by atoms with Crippen LogP contribution >= 0.6 is 0 Å². The lowest BCUT2D eigenvalue weighted by Crippen LogP contribution is -2.05. The molecular weight excluding hydrogens is 454 g/mol. The molecule has 0 aliphatic carbocycles. The highest BCUT2D eigenvalue weighted by Gasteiger charge is 2.07. The van der Waals surface area contributed by atoms with Crippen molar-refractivity contribution >= 4 is 11.5 Å². The van der Waals surface area contributed by atoms with Gasteiger partial charge in [-0.1, -0.05) is 93.7 Å². The van der Waals surface area contributed by atoms with Gasteiger partial charge in [-0.15, -0.1) is 13.2 Å². The molecule has 1 unspecified atom stereocenters. The summed E-state index contributed by atoms with van der Waals surface area (Å²) in [4.78, 5) is 11.6. The lowest BCUT2D eigenvalue weighted by molar-refractivity contribution is 0.101. The minimum absolute atomic E-state index is 0.153. The van der Waals surface area contributed by atoms with Crippen LogP contribution in [0.15, 0.2) is 55.9 Å². The number of hydrogen-bond acceptors (Lipinski definition) is 4. The number of unbranched alkanes of at least 4 members (excludes halogenated alkanes) is 4. The highest BCUT2D eigenvalue weighted by Crippen LogP contribution is 2.19. The Bertz CT molecular complexity index is 682. The van der Waals surface area contributed by atoms with Crippen LogP contribution in [0.25, 0.3) is 0 Å². The fraction of sp³-hybridized carbons (Fsp3) is 0.606. The predicted octanol–water partition coefficient (Wildman–Crippen LogP) is 9.82. The van der Waals surface area contributed by atoms with Crippen LogP contribution in [0.1, 0.15) is 129 Å². The summed E-state index contributed by atoms with van der Waals surface area (Å²) in [5.41, 5.74) is 15.7. The third kappa shape index (κ3) is 26.4. The van der Waals surface area contributed by atoms with Crippen LogP contribution in [0.5, 0.6) is 0 Å². The Morgan fingerprint density at radius 2 is 1.46 bits per heavy atom. The largest absolute Gasteiger partial charge is 0.403 e. The lowest BCUT2D eigenvalue weighted by atomic mass is 9.99. The molecule has 4 heteroatoms. The molecule has 0 aromatic heterocycles. The standard InChI is InChI=1S/C20H32N2O.C7H15N.2C2H6.C2H4/c1-4-10-18-15-19(12-13-20(18)17(3)23)22-14-9-7-5-6-8-11-16(2)21;1-4-5-6(2)7(3)8;3*1-2/h12-13,15,22H,2,4-11,14,21H2,1,3H3;6H,3-5,8H2,1-2H3;2*1-2H3;1-2H2. The second-order valence-electron chi connectivity index (χ2n) is 8.55. The van der Waals surface area contributed by atoms with E-state index in [1.165, 1.54) is 32.1 Å². The van der Waals surface area contributed by atoms with Gasteiger partial charge in [0.05, 0.1) is 0 Å².